The molecule has 0 radical (unpaired) electrons. The molecular formula is C7H12N4O2. The number of aliphatic carboxylic acids is 1. The molecule has 6 nitrogen and oxygen atoms in total. The normalized spacial score (nSPS) is 12.8. The Kier molecular flexibility index (Phi) is 2.97. The van der Waals surface area contributed by atoms with Crippen molar-refractivity contribution in [2.75, 3.05) is 0 Å². The van der Waals surface area contributed by atoms with Crippen LogP contribution in [0.4, 0.5) is 0 Å². The van der Waals surface area contributed by atoms with E-state index in [0.717, 1.165) is 6.42 Å². The molecule has 1 aromatic rings. The van der Waals surface area contributed by atoms with E-state index in [1.807, 2.05) is 6.92 Å². The number of nitrogens with zero attached hydrogens (tertiary/aromatic N) is 3. The number of carboxylic acids is 1. The summed E-state index contributed by atoms with van der Waals surface area (Å²) in [6.07, 6.45) is 2.31. The van der Waals surface area contributed by atoms with Crippen LogP contribution in [0.1, 0.15) is 25.1 Å². The number of carbonyl (C=O) groups is 1. The minimum atomic E-state index is -0.943. The molecule has 0 bridgehead atoms. The molecule has 1 rings (SSSR count). The van der Waals surface area contributed by atoms with E-state index in [4.69, 9.17) is 10.8 Å². The molecular weight excluding hydrogens is 172 g/mol. The molecule has 0 aliphatic heterocycles. The predicted molar refractivity (Wildman–Crippen MR) is 44.9 cm³/mol. The number of rotatable bonds is 4. The molecule has 0 spiro atoms. The molecule has 0 aromatic carbocycles. The van der Waals surface area contributed by atoms with Crippen molar-refractivity contribution in [2.24, 2.45) is 5.73 Å². The minimum Gasteiger partial charge on any atom is -0.480 e. The molecule has 6 heteroatoms. The van der Waals surface area contributed by atoms with Gasteiger partial charge in [0, 0.05) is 0 Å². The fourth-order valence-corrected chi connectivity index (χ4v) is 0.908. The summed E-state index contributed by atoms with van der Waals surface area (Å²) in [5, 5.41) is 15.8. The molecule has 1 aromatic heterocycles. The molecule has 72 valence electrons. The molecule has 0 saturated heterocycles. The van der Waals surface area contributed by atoms with Gasteiger partial charge in [-0.1, -0.05) is 12.1 Å². The van der Waals surface area contributed by atoms with Crippen LogP contribution in [0.15, 0.2) is 6.20 Å². The van der Waals surface area contributed by atoms with Crippen molar-refractivity contribution >= 4 is 5.97 Å². The van der Waals surface area contributed by atoms with E-state index in [1.54, 1.807) is 6.20 Å². The summed E-state index contributed by atoms with van der Waals surface area (Å²) in [7, 11) is 0. The second-order valence-electron chi connectivity index (χ2n) is 2.75. The summed E-state index contributed by atoms with van der Waals surface area (Å²) in [4.78, 5) is 10.3. The fraction of sp³-hybridized carbons (Fsp3) is 0.571. The van der Waals surface area contributed by atoms with Crippen LogP contribution in [0, 0.1) is 0 Å². The van der Waals surface area contributed by atoms with Crippen molar-refractivity contribution in [1.82, 2.24) is 15.0 Å². The van der Waals surface area contributed by atoms with Crippen molar-refractivity contribution in [3.05, 3.63) is 11.9 Å². The van der Waals surface area contributed by atoms with Crippen LogP contribution < -0.4 is 5.73 Å². The SMILES string of the molecule is CCC(N)c1cn(CC(=O)O)nn1. The summed E-state index contributed by atoms with van der Waals surface area (Å²) in [6, 6.07) is -0.164. The number of hydrogen-bond acceptors (Lipinski definition) is 4. The zero-order chi connectivity index (χ0) is 9.84. The zero-order valence-electron chi connectivity index (χ0n) is 7.34. The Morgan fingerprint density at radius 3 is 3.08 bits per heavy atom. The molecule has 13 heavy (non-hydrogen) atoms. The third-order valence-electron chi connectivity index (χ3n) is 1.67. The zero-order valence-corrected chi connectivity index (χ0v) is 7.34. The molecule has 0 saturated carbocycles. The highest BCUT2D eigenvalue weighted by Gasteiger charge is 2.09. The van der Waals surface area contributed by atoms with Crippen LogP contribution in [0.2, 0.25) is 0 Å². The van der Waals surface area contributed by atoms with Gasteiger partial charge in [0.25, 0.3) is 0 Å². The first-order valence-corrected chi connectivity index (χ1v) is 4.01. The third kappa shape index (κ3) is 2.51. The van der Waals surface area contributed by atoms with E-state index in [1.165, 1.54) is 4.68 Å². The molecule has 3 N–H and O–H groups in total. The lowest BCUT2D eigenvalue weighted by Crippen LogP contribution is -2.10. The number of nitrogens with two attached hydrogens (primary N) is 1. The van der Waals surface area contributed by atoms with Crippen molar-refractivity contribution in [2.45, 2.75) is 25.9 Å². The second-order valence-corrected chi connectivity index (χ2v) is 2.75. The first-order valence-electron chi connectivity index (χ1n) is 4.01. The van der Waals surface area contributed by atoms with Crippen molar-refractivity contribution in [3.8, 4) is 0 Å². The van der Waals surface area contributed by atoms with E-state index in [-0.39, 0.29) is 12.6 Å². The van der Waals surface area contributed by atoms with Crippen LogP contribution in [0.25, 0.3) is 0 Å². The number of hydrogen-bond donors (Lipinski definition) is 2. The van der Waals surface area contributed by atoms with Crippen LogP contribution >= 0.6 is 0 Å². The molecule has 1 unspecified atom stereocenters. The van der Waals surface area contributed by atoms with E-state index >= 15 is 0 Å². The summed E-state index contributed by atoms with van der Waals surface area (Å²) in [5.74, 6) is -0.943. The quantitative estimate of drug-likeness (QED) is 0.674. The highest BCUT2D eigenvalue weighted by Crippen LogP contribution is 2.08. The van der Waals surface area contributed by atoms with Crippen molar-refractivity contribution in [1.29, 1.82) is 0 Å². The Hall–Kier alpha value is -1.43. The highest BCUT2D eigenvalue weighted by molar-refractivity contribution is 5.66. The van der Waals surface area contributed by atoms with Gasteiger partial charge >= 0.3 is 5.97 Å². The van der Waals surface area contributed by atoms with Gasteiger partial charge in [-0.2, -0.15) is 0 Å². The van der Waals surface area contributed by atoms with Gasteiger partial charge in [-0.25, -0.2) is 4.68 Å². The Bertz CT molecular complexity index is 296. The maximum atomic E-state index is 10.3. The molecule has 1 heterocycles. The maximum Gasteiger partial charge on any atom is 0.325 e. The van der Waals surface area contributed by atoms with E-state index in [2.05, 4.69) is 10.3 Å². The minimum absolute atomic E-state index is 0.164. The highest BCUT2D eigenvalue weighted by atomic mass is 16.4. The molecule has 1 atom stereocenters. The van der Waals surface area contributed by atoms with Crippen molar-refractivity contribution in [3.63, 3.8) is 0 Å². The van der Waals surface area contributed by atoms with Crippen molar-refractivity contribution < 1.29 is 9.90 Å². The summed E-state index contributed by atoms with van der Waals surface area (Å²) < 4.78 is 1.26. The van der Waals surface area contributed by atoms with Gasteiger partial charge in [0.05, 0.1) is 17.9 Å². The lowest BCUT2D eigenvalue weighted by molar-refractivity contribution is -0.137. The van der Waals surface area contributed by atoms with Gasteiger partial charge in [-0.15, -0.1) is 5.10 Å². The van der Waals surface area contributed by atoms with Gasteiger partial charge in [0.2, 0.25) is 0 Å². The van der Waals surface area contributed by atoms with E-state index in [9.17, 15) is 4.79 Å². The molecule has 0 aliphatic rings. The van der Waals surface area contributed by atoms with Gasteiger partial charge in [0.15, 0.2) is 0 Å². The smallest absolute Gasteiger partial charge is 0.325 e. The Morgan fingerprint density at radius 2 is 2.54 bits per heavy atom. The van der Waals surface area contributed by atoms with Crippen LogP contribution in [0.3, 0.4) is 0 Å². The monoisotopic (exact) mass is 184 g/mol. The topological polar surface area (TPSA) is 94.0 Å². The average molecular weight is 184 g/mol. The summed E-state index contributed by atoms with van der Waals surface area (Å²) in [6.45, 7) is 1.75. The standard InChI is InChI=1S/C7H12N4O2/c1-2-5(8)6-3-11(10-9-6)4-7(12)13/h3,5H,2,4,8H2,1H3,(H,12,13). The van der Waals surface area contributed by atoms with Crippen LogP contribution in [0.5, 0.6) is 0 Å². The first-order chi connectivity index (χ1) is 6.13. The van der Waals surface area contributed by atoms with Gasteiger partial charge < -0.3 is 10.8 Å². The predicted octanol–water partition coefficient (Wildman–Crippen LogP) is -0.228. The molecule has 0 aliphatic carbocycles. The largest absolute Gasteiger partial charge is 0.480 e. The fourth-order valence-electron chi connectivity index (χ4n) is 0.908. The Balaban J connectivity index is 2.68. The lowest BCUT2D eigenvalue weighted by Gasteiger charge is -2.01. The molecule has 0 amide bonds. The summed E-state index contributed by atoms with van der Waals surface area (Å²) in [5.41, 5.74) is 6.30. The Morgan fingerprint density at radius 1 is 1.85 bits per heavy atom. The average Bonchev–Trinajstić information content (AvgIpc) is 2.50. The summed E-state index contributed by atoms with van der Waals surface area (Å²) >= 11 is 0. The third-order valence-corrected chi connectivity index (χ3v) is 1.67. The number of carboxylic acid groups (broad SMARTS) is 1. The van der Waals surface area contributed by atoms with E-state index < -0.39 is 5.97 Å². The van der Waals surface area contributed by atoms with Gasteiger partial charge in [-0.05, 0) is 6.42 Å². The number of aromatic nitrogens is 3. The van der Waals surface area contributed by atoms with Gasteiger partial charge in [-0.3, -0.25) is 4.79 Å². The Labute approximate surface area is 75.3 Å². The molecule has 0 fully saturated rings. The maximum absolute atomic E-state index is 10.3. The first kappa shape index (κ1) is 9.66. The lowest BCUT2D eigenvalue weighted by atomic mass is 10.2. The van der Waals surface area contributed by atoms with Crippen LogP contribution in [-0.4, -0.2) is 26.1 Å². The van der Waals surface area contributed by atoms with Gasteiger partial charge in [0.1, 0.15) is 6.54 Å². The van der Waals surface area contributed by atoms with Crippen LogP contribution in [-0.2, 0) is 11.3 Å². The second kappa shape index (κ2) is 3.99. The van der Waals surface area contributed by atoms with E-state index in [0.29, 0.717) is 5.69 Å².